The van der Waals surface area contributed by atoms with Crippen molar-refractivity contribution < 1.29 is 13.6 Å². The number of amides is 1. The molecule has 0 saturated heterocycles. The predicted octanol–water partition coefficient (Wildman–Crippen LogP) is 4.54. The Balaban J connectivity index is 2.09. The van der Waals surface area contributed by atoms with Gasteiger partial charge < -0.3 is 14.2 Å². The van der Waals surface area contributed by atoms with Crippen LogP contribution in [0.2, 0.25) is 0 Å². The molecule has 0 spiro atoms. The summed E-state index contributed by atoms with van der Waals surface area (Å²) in [6.07, 6.45) is 0. The summed E-state index contributed by atoms with van der Waals surface area (Å²) in [4.78, 5) is 13.1. The van der Waals surface area contributed by atoms with E-state index in [-0.39, 0.29) is 5.91 Å². The van der Waals surface area contributed by atoms with Crippen molar-refractivity contribution in [3.63, 3.8) is 0 Å². The van der Waals surface area contributed by atoms with Crippen LogP contribution in [0, 0.1) is 13.8 Å². The minimum absolute atomic E-state index is 0.178. The molecule has 4 nitrogen and oxygen atoms in total. The highest BCUT2D eigenvalue weighted by atomic mass is 79.9. The number of carbonyl (C=O) groups is 1. The molecule has 0 unspecified atom stereocenters. The third-order valence-corrected chi connectivity index (χ3v) is 4.88. The first-order valence-electron chi connectivity index (χ1n) is 7.27. The van der Waals surface area contributed by atoms with Gasteiger partial charge in [-0.2, -0.15) is 0 Å². The Hall–Kier alpha value is -2.27. The number of hydrogen-bond acceptors (Lipinski definition) is 3. The first kappa shape index (κ1) is 14.3. The Morgan fingerprint density at radius 3 is 2.09 bits per heavy atom. The Bertz CT molecular complexity index is 882. The van der Waals surface area contributed by atoms with Gasteiger partial charge in [0.25, 0.3) is 5.91 Å². The maximum Gasteiger partial charge on any atom is 0.250 e. The largest absolute Gasteiger partial charge is 0.464 e. The lowest BCUT2D eigenvalue weighted by molar-refractivity contribution is -0.119. The van der Waals surface area contributed by atoms with Gasteiger partial charge in [-0.05, 0) is 60.1 Å². The molecule has 1 aliphatic heterocycles. The number of nitrogens with one attached hydrogen (secondary N) is 1. The van der Waals surface area contributed by atoms with Gasteiger partial charge in [-0.25, -0.2) is 0 Å². The number of fused-ring (bicyclic) bond motifs is 1. The van der Waals surface area contributed by atoms with Gasteiger partial charge in [-0.1, -0.05) is 12.1 Å². The zero-order chi connectivity index (χ0) is 16.2. The molecule has 1 aromatic carbocycles. The molecule has 5 heteroatoms. The summed E-state index contributed by atoms with van der Waals surface area (Å²) in [7, 11) is 0. The highest BCUT2D eigenvalue weighted by Gasteiger charge is 2.55. The van der Waals surface area contributed by atoms with Gasteiger partial charge in [-0.15, -0.1) is 0 Å². The van der Waals surface area contributed by atoms with Crippen LogP contribution < -0.4 is 5.32 Å². The lowest BCUT2D eigenvalue weighted by Crippen LogP contribution is -2.36. The lowest BCUT2D eigenvalue weighted by atomic mass is 9.77. The Labute approximate surface area is 141 Å². The number of halogens is 1. The quantitative estimate of drug-likeness (QED) is 0.719. The number of para-hydroxylation sites is 1. The molecule has 0 fully saturated rings. The smallest absolute Gasteiger partial charge is 0.250 e. The number of benzene rings is 1. The van der Waals surface area contributed by atoms with Crippen molar-refractivity contribution in [2.45, 2.75) is 19.3 Å². The maximum absolute atomic E-state index is 13.1. The second-order valence-corrected chi connectivity index (χ2v) is 6.54. The fraction of sp³-hybridized carbons (Fsp3) is 0.167. The lowest BCUT2D eigenvalue weighted by Gasteiger charge is -2.23. The van der Waals surface area contributed by atoms with Gasteiger partial charge in [0.15, 0.2) is 5.41 Å². The average Bonchev–Trinajstić information content (AvgIpc) is 3.18. The third kappa shape index (κ3) is 1.86. The van der Waals surface area contributed by atoms with E-state index in [1.54, 1.807) is 0 Å². The second-order valence-electron chi connectivity index (χ2n) is 5.69. The van der Waals surface area contributed by atoms with Crippen molar-refractivity contribution in [2.24, 2.45) is 0 Å². The van der Waals surface area contributed by atoms with Crippen LogP contribution in [0.1, 0.15) is 28.6 Å². The minimum atomic E-state index is -1.11. The third-order valence-electron chi connectivity index (χ3n) is 4.22. The number of aryl methyl sites for hydroxylation is 2. The van der Waals surface area contributed by atoms with E-state index < -0.39 is 5.41 Å². The number of hydrogen-bond donors (Lipinski definition) is 1. The van der Waals surface area contributed by atoms with Crippen molar-refractivity contribution >= 4 is 27.5 Å². The van der Waals surface area contributed by atoms with Crippen LogP contribution >= 0.6 is 15.9 Å². The van der Waals surface area contributed by atoms with Crippen LogP contribution in [0.15, 0.2) is 55.8 Å². The predicted molar refractivity (Wildman–Crippen MR) is 89.5 cm³/mol. The summed E-state index contributed by atoms with van der Waals surface area (Å²) in [5.74, 6) is 2.43. The average molecular weight is 372 g/mol. The molecule has 1 amide bonds. The molecule has 116 valence electrons. The van der Waals surface area contributed by atoms with Crippen LogP contribution in [0.4, 0.5) is 5.69 Å². The SMILES string of the molecule is Cc1ccc(C2(c3ccc(C)o3)C(=O)Nc3c(Br)cccc32)o1. The molecule has 0 radical (unpaired) electrons. The molecule has 0 atom stereocenters. The zero-order valence-corrected chi connectivity index (χ0v) is 14.2. The summed E-state index contributed by atoms with van der Waals surface area (Å²) < 4.78 is 12.6. The van der Waals surface area contributed by atoms with E-state index in [0.29, 0.717) is 11.5 Å². The first-order valence-corrected chi connectivity index (χ1v) is 8.07. The zero-order valence-electron chi connectivity index (χ0n) is 12.6. The van der Waals surface area contributed by atoms with E-state index in [1.807, 2.05) is 56.3 Å². The molecular formula is C18H14BrNO3. The molecule has 3 aromatic rings. The standard InChI is InChI=1S/C18H14BrNO3/c1-10-6-8-14(22-10)18(15-9-7-11(2)23-15)12-4-3-5-13(19)16(12)20-17(18)21/h3-9H,1-2H3,(H,20,21). The normalized spacial score (nSPS) is 15.5. The first-order chi connectivity index (χ1) is 11.0. The molecule has 0 bridgehead atoms. The van der Waals surface area contributed by atoms with Gasteiger partial charge in [0.1, 0.15) is 23.0 Å². The Morgan fingerprint density at radius 1 is 0.957 bits per heavy atom. The summed E-state index contributed by atoms with van der Waals surface area (Å²) in [6.45, 7) is 3.72. The van der Waals surface area contributed by atoms with Gasteiger partial charge in [0.05, 0.1) is 5.69 Å². The van der Waals surface area contributed by atoms with Crippen molar-refractivity contribution in [3.05, 3.63) is 75.5 Å². The fourth-order valence-electron chi connectivity index (χ4n) is 3.18. The highest BCUT2D eigenvalue weighted by Crippen LogP contribution is 2.50. The van der Waals surface area contributed by atoms with E-state index in [4.69, 9.17) is 8.83 Å². The summed E-state index contributed by atoms with van der Waals surface area (Å²) in [5, 5.41) is 2.97. The number of furan rings is 2. The van der Waals surface area contributed by atoms with E-state index in [2.05, 4.69) is 21.2 Å². The van der Waals surface area contributed by atoms with Crippen LogP contribution in [0.25, 0.3) is 0 Å². The van der Waals surface area contributed by atoms with Crippen LogP contribution in [-0.4, -0.2) is 5.91 Å². The summed E-state index contributed by atoms with van der Waals surface area (Å²) in [6, 6.07) is 13.1. The Kier molecular flexibility index (Phi) is 3.03. The molecule has 1 aliphatic rings. The highest BCUT2D eigenvalue weighted by molar-refractivity contribution is 9.10. The molecule has 2 aromatic heterocycles. The van der Waals surface area contributed by atoms with Crippen LogP contribution in [-0.2, 0) is 10.2 Å². The van der Waals surface area contributed by atoms with Crippen LogP contribution in [0.3, 0.4) is 0 Å². The van der Waals surface area contributed by atoms with E-state index in [9.17, 15) is 4.79 Å². The molecule has 23 heavy (non-hydrogen) atoms. The molecule has 0 aliphatic carbocycles. The topological polar surface area (TPSA) is 55.4 Å². The molecule has 1 N–H and O–H groups in total. The maximum atomic E-state index is 13.1. The summed E-state index contributed by atoms with van der Waals surface area (Å²) in [5.41, 5.74) is 0.461. The van der Waals surface area contributed by atoms with Crippen LogP contribution in [0.5, 0.6) is 0 Å². The summed E-state index contributed by atoms with van der Waals surface area (Å²) >= 11 is 3.51. The van der Waals surface area contributed by atoms with E-state index in [0.717, 1.165) is 27.2 Å². The van der Waals surface area contributed by atoms with E-state index in [1.165, 1.54) is 0 Å². The molecular weight excluding hydrogens is 358 g/mol. The molecule has 3 heterocycles. The second kappa shape index (κ2) is 4.86. The van der Waals surface area contributed by atoms with Crippen molar-refractivity contribution in [2.75, 3.05) is 5.32 Å². The number of carbonyl (C=O) groups excluding carboxylic acids is 1. The minimum Gasteiger partial charge on any atom is -0.464 e. The van der Waals surface area contributed by atoms with E-state index >= 15 is 0 Å². The van der Waals surface area contributed by atoms with Gasteiger partial charge in [-0.3, -0.25) is 4.79 Å². The number of anilines is 1. The van der Waals surface area contributed by atoms with Crippen molar-refractivity contribution in [1.29, 1.82) is 0 Å². The van der Waals surface area contributed by atoms with Crippen molar-refractivity contribution in [1.82, 2.24) is 0 Å². The van der Waals surface area contributed by atoms with Gasteiger partial charge in [0, 0.05) is 10.0 Å². The van der Waals surface area contributed by atoms with Gasteiger partial charge in [0.2, 0.25) is 0 Å². The Morgan fingerprint density at radius 2 is 1.57 bits per heavy atom. The monoisotopic (exact) mass is 371 g/mol. The molecule has 0 saturated carbocycles. The fourth-order valence-corrected chi connectivity index (χ4v) is 3.64. The van der Waals surface area contributed by atoms with Crippen molar-refractivity contribution in [3.8, 4) is 0 Å². The van der Waals surface area contributed by atoms with Gasteiger partial charge >= 0.3 is 0 Å². The number of rotatable bonds is 2. The molecule has 4 rings (SSSR count).